The van der Waals surface area contributed by atoms with E-state index in [1.165, 1.54) is 11.0 Å². The van der Waals surface area contributed by atoms with Gasteiger partial charge in [0.15, 0.2) is 0 Å². The minimum absolute atomic E-state index is 0.0634. The number of anilines is 1. The van der Waals surface area contributed by atoms with Crippen LogP contribution in [-0.4, -0.2) is 51.1 Å². The second-order valence-corrected chi connectivity index (χ2v) is 6.07. The van der Waals surface area contributed by atoms with E-state index in [1.807, 2.05) is 6.92 Å². The molecule has 0 aliphatic heterocycles. The normalized spacial score (nSPS) is 10.5. The molecule has 2 rings (SSSR count). The summed E-state index contributed by atoms with van der Waals surface area (Å²) in [6.07, 6.45) is 3.06. The number of amides is 2. The lowest BCUT2D eigenvalue weighted by Gasteiger charge is -2.19. The molecular weight excluding hydrogens is 372 g/mol. The van der Waals surface area contributed by atoms with Gasteiger partial charge in [0.1, 0.15) is 23.8 Å². The summed E-state index contributed by atoms with van der Waals surface area (Å²) in [5.41, 5.74) is 1.31. The van der Waals surface area contributed by atoms with Crippen LogP contribution < -0.4 is 19.5 Å². The molecule has 154 valence electrons. The number of nitrogens with zero attached hydrogens (tertiary/aromatic N) is 1. The number of benzene rings is 2. The SMILES string of the molecule is CCN(CC(=O)Nc1cccc(OC)c1)C(=O)/C=C/c1cc(OC)ccc1OC. The molecule has 0 aliphatic rings. The first-order chi connectivity index (χ1) is 14.0. The van der Waals surface area contributed by atoms with Gasteiger partial charge in [-0.25, -0.2) is 0 Å². The second-order valence-electron chi connectivity index (χ2n) is 6.07. The van der Waals surface area contributed by atoms with Crippen LogP contribution in [0, 0.1) is 0 Å². The Bertz CT molecular complexity index is 879. The van der Waals surface area contributed by atoms with Gasteiger partial charge in [-0.2, -0.15) is 0 Å². The number of carbonyl (C=O) groups is 2. The molecule has 0 fully saturated rings. The van der Waals surface area contributed by atoms with Gasteiger partial charge in [0.2, 0.25) is 11.8 Å². The number of likely N-dealkylation sites (N-methyl/N-ethyl adjacent to an activating group) is 1. The Balaban J connectivity index is 2.04. The minimum Gasteiger partial charge on any atom is -0.497 e. The molecule has 0 unspecified atom stereocenters. The molecule has 0 saturated heterocycles. The van der Waals surface area contributed by atoms with Crippen LogP contribution in [0.2, 0.25) is 0 Å². The third-order valence-corrected chi connectivity index (χ3v) is 4.22. The Morgan fingerprint density at radius 3 is 2.38 bits per heavy atom. The summed E-state index contributed by atoms with van der Waals surface area (Å²) in [5, 5.41) is 2.77. The van der Waals surface area contributed by atoms with Crippen molar-refractivity contribution in [2.24, 2.45) is 0 Å². The highest BCUT2D eigenvalue weighted by Crippen LogP contribution is 2.25. The first kappa shape index (κ1) is 21.8. The van der Waals surface area contributed by atoms with Crippen molar-refractivity contribution < 1.29 is 23.8 Å². The maximum Gasteiger partial charge on any atom is 0.247 e. The largest absolute Gasteiger partial charge is 0.497 e. The molecule has 1 N–H and O–H groups in total. The molecule has 0 saturated carbocycles. The minimum atomic E-state index is -0.291. The van der Waals surface area contributed by atoms with Gasteiger partial charge in [0, 0.05) is 29.9 Å². The summed E-state index contributed by atoms with van der Waals surface area (Å²) in [7, 11) is 4.69. The highest BCUT2D eigenvalue weighted by molar-refractivity contribution is 5.98. The van der Waals surface area contributed by atoms with Crippen molar-refractivity contribution in [2.45, 2.75) is 6.92 Å². The summed E-state index contributed by atoms with van der Waals surface area (Å²) in [4.78, 5) is 26.3. The van der Waals surface area contributed by atoms with Crippen LogP contribution in [0.1, 0.15) is 12.5 Å². The zero-order chi connectivity index (χ0) is 21.2. The Kier molecular flexibility index (Phi) is 8.09. The van der Waals surface area contributed by atoms with Gasteiger partial charge in [-0.3, -0.25) is 9.59 Å². The standard InChI is InChI=1S/C22H26N2O5/c1-5-24(15-21(25)23-17-7-6-8-18(14-17)27-2)22(26)12-9-16-13-19(28-3)10-11-20(16)29-4/h6-14H,5,15H2,1-4H3,(H,23,25)/b12-9+. The molecule has 2 aromatic rings. The van der Waals surface area contributed by atoms with Gasteiger partial charge >= 0.3 is 0 Å². The summed E-state index contributed by atoms with van der Waals surface area (Å²) < 4.78 is 15.7. The van der Waals surface area contributed by atoms with E-state index in [2.05, 4.69) is 5.32 Å². The maximum atomic E-state index is 12.6. The number of hydrogen-bond donors (Lipinski definition) is 1. The van der Waals surface area contributed by atoms with Gasteiger partial charge in [-0.15, -0.1) is 0 Å². The van der Waals surface area contributed by atoms with Gasteiger partial charge < -0.3 is 24.4 Å². The molecule has 0 atom stereocenters. The van der Waals surface area contributed by atoms with E-state index in [1.54, 1.807) is 69.9 Å². The zero-order valence-corrected chi connectivity index (χ0v) is 17.1. The quantitative estimate of drug-likeness (QED) is 0.657. The first-order valence-corrected chi connectivity index (χ1v) is 9.13. The van der Waals surface area contributed by atoms with Crippen LogP contribution >= 0.6 is 0 Å². The zero-order valence-electron chi connectivity index (χ0n) is 17.1. The third-order valence-electron chi connectivity index (χ3n) is 4.22. The maximum absolute atomic E-state index is 12.6. The lowest BCUT2D eigenvalue weighted by molar-refractivity contribution is -0.130. The van der Waals surface area contributed by atoms with E-state index in [4.69, 9.17) is 14.2 Å². The molecule has 7 nitrogen and oxygen atoms in total. The predicted octanol–water partition coefficient (Wildman–Crippen LogP) is 3.21. The van der Waals surface area contributed by atoms with Crippen molar-refractivity contribution in [1.82, 2.24) is 4.90 Å². The average Bonchev–Trinajstić information content (AvgIpc) is 2.75. The second kappa shape index (κ2) is 10.8. The molecule has 0 spiro atoms. The number of carbonyl (C=O) groups excluding carboxylic acids is 2. The van der Waals surface area contributed by atoms with Gasteiger partial charge in [0.25, 0.3) is 0 Å². The molecule has 0 heterocycles. The molecule has 0 aliphatic carbocycles. The van der Waals surface area contributed by atoms with Crippen molar-refractivity contribution >= 4 is 23.6 Å². The molecule has 2 amide bonds. The summed E-state index contributed by atoms with van der Waals surface area (Å²) in [6.45, 7) is 2.15. The van der Waals surface area contributed by atoms with Crippen LogP contribution in [0.4, 0.5) is 5.69 Å². The van der Waals surface area contributed by atoms with E-state index < -0.39 is 0 Å². The Labute approximate surface area is 170 Å². The van der Waals surface area contributed by atoms with Crippen LogP contribution in [0.3, 0.4) is 0 Å². The van der Waals surface area contributed by atoms with Crippen molar-refractivity contribution in [1.29, 1.82) is 0 Å². The summed E-state index contributed by atoms with van der Waals surface area (Å²) in [6, 6.07) is 12.4. The predicted molar refractivity (Wildman–Crippen MR) is 112 cm³/mol. The summed E-state index contributed by atoms with van der Waals surface area (Å²) in [5.74, 6) is 1.34. The van der Waals surface area contributed by atoms with E-state index in [0.29, 0.717) is 35.0 Å². The Morgan fingerprint density at radius 1 is 1.00 bits per heavy atom. The highest BCUT2D eigenvalue weighted by atomic mass is 16.5. The van der Waals surface area contributed by atoms with Crippen LogP contribution in [0.5, 0.6) is 17.2 Å². The van der Waals surface area contributed by atoms with Gasteiger partial charge in [-0.1, -0.05) is 6.07 Å². The fourth-order valence-electron chi connectivity index (χ4n) is 2.66. The lowest BCUT2D eigenvalue weighted by Crippen LogP contribution is -2.36. The molecule has 29 heavy (non-hydrogen) atoms. The Morgan fingerprint density at radius 2 is 1.72 bits per heavy atom. The van der Waals surface area contributed by atoms with Crippen molar-refractivity contribution in [3.05, 3.63) is 54.1 Å². The number of ether oxygens (including phenoxy) is 3. The molecule has 0 radical (unpaired) electrons. The van der Waals surface area contributed by atoms with Crippen molar-refractivity contribution in [3.63, 3.8) is 0 Å². The average molecular weight is 398 g/mol. The summed E-state index contributed by atoms with van der Waals surface area (Å²) >= 11 is 0. The fourth-order valence-corrected chi connectivity index (χ4v) is 2.66. The molecule has 0 bridgehead atoms. The molecule has 2 aromatic carbocycles. The molecule has 7 heteroatoms. The van der Waals surface area contributed by atoms with Crippen LogP contribution in [0.25, 0.3) is 6.08 Å². The Hall–Kier alpha value is -3.48. The van der Waals surface area contributed by atoms with E-state index in [-0.39, 0.29) is 18.4 Å². The number of nitrogens with one attached hydrogen (secondary N) is 1. The topological polar surface area (TPSA) is 77.1 Å². The number of hydrogen-bond acceptors (Lipinski definition) is 5. The third kappa shape index (κ3) is 6.27. The number of methoxy groups -OCH3 is 3. The highest BCUT2D eigenvalue weighted by Gasteiger charge is 2.14. The van der Waals surface area contributed by atoms with Gasteiger partial charge in [0.05, 0.1) is 21.3 Å². The van der Waals surface area contributed by atoms with Crippen molar-refractivity contribution in [2.75, 3.05) is 39.7 Å². The molecular formula is C22H26N2O5. The van der Waals surface area contributed by atoms with E-state index in [0.717, 1.165) is 0 Å². The van der Waals surface area contributed by atoms with Crippen LogP contribution in [0.15, 0.2) is 48.5 Å². The fraction of sp³-hybridized carbons (Fsp3) is 0.273. The monoisotopic (exact) mass is 398 g/mol. The smallest absolute Gasteiger partial charge is 0.247 e. The lowest BCUT2D eigenvalue weighted by atomic mass is 10.1. The van der Waals surface area contributed by atoms with E-state index in [9.17, 15) is 9.59 Å². The van der Waals surface area contributed by atoms with E-state index >= 15 is 0 Å². The van der Waals surface area contributed by atoms with Crippen molar-refractivity contribution in [3.8, 4) is 17.2 Å². The van der Waals surface area contributed by atoms with Crippen LogP contribution in [-0.2, 0) is 9.59 Å². The first-order valence-electron chi connectivity index (χ1n) is 9.13. The van der Waals surface area contributed by atoms with Gasteiger partial charge in [-0.05, 0) is 43.3 Å². The number of rotatable bonds is 9. The molecule has 0 aromatic heterocycles.